The van der Waals surface area contributed by atoms with Crippen LogP contribution in [0.3, 0.4) is 0 Å². The third-order valence-corrected chi connectivity index (χ3v) is 3.91. The van der Waals surface area contributed by atoms with Gasteiger partial charge in [-0.05, 0) is 61.9 Å². The molecule has 1 aliphatic carbocycles. The van der Waals surface area contributed by atoms with E-state index < -0.39 is 0 Å². The lowest BCUT2D eigenvalue weighted by Crippen LogP contribution is -2.36. The van der Waals surface area contributed by atoms with Gasteiger partial charge in [0.15, 0.2) is 0 Å². The molecule has 2 heteroatoms. The highest BCUT2D eigenvalue weighted by Gasteiger charge is 2.23. The first-order chi connectivity index (χ1) is 8.24. The second-order valence-corrected chi connectivity index (χ2v) is 4.98. The molecule has 0 amide bonds. The minimum Gasteiger partial charge on any atom is -0.497 e. The lowest BCUT2D eigenvalue weighted by Gasteiger charge is -2.30. The molecular formula is C15H23NO. The highest BCUT2D eigenvalue weighted by atomic mass is 16.5. The molecule has 94 valence electrons. The Morgan fingerprint density at radius 1 is 1.41 bits per heavy atom. The first-order valence-corrected chi connectivity index (χ1v) is 6.63. The van der Waals surface area contributed by atoms with Crippen molar-refractivity contribution in [2.75, 3.05) is 13.7 Å². The predicted molar refractivity (Wildman–Crippen MR) is 71.6 cm³/mol. The van der Waals surface area contributed by atoms with Crippen LogP contribution in [0, 0.1) is 5.92 Å². The summed E-state index contributed by atoms with van der Waals surface area (Å²) < 4.78 is 5.31. The average molecular weight is 233 g/mol. The molecule has 0 fully saturated rings. The Morgan fingerprint density at radius 3 is 2.94 bits per heavy atom. The smallest absolute Gasteiger partial charge is 0.119 e. The summed E-state index contributed by atoms with van der Waals surface area (Å²) >= 11 is 0. The van der Waals surface area contributed by atoms with Crippen LogP contribution in [0.1, 0.15) is 31.4 Å². The first kappa shape index (κ1) is 12.4. The van der Waals surface area contributed by atoms with Crippen molar-refractivity contribution in [3.8, 4) is 5.75 Å². The van der Waals surface area contributed by atoms with E-state index in [4.69, 9.17) is 4.74 Å². The van der Waals surface area contributed by atoms with Crippen LogP contribution < -0.4 is 10.1 Å². The predicted octanol–water partition coefficient (Wildman–Crippen LogP) is 2.80. The van der Waals surface area contributed by atoms with Crippen molar-refractivity contribution in [2.45, 2.75) is 39.2 Å². The van der Waals surface area contributed by atoms with Crippen LogP contribution in [-0.2, 0) is 12.8 Å². The van der Waals surface area contributed by atoms with Crippen molar-refractivity contribution in [2.24, 2.45) is 5.92 Å². The molecule has 1 aromatic carbocycles. The summed E-state index contributed by atoms with van der Waals surface area (Å²) in [5.41, 5.74) is 2.98. The van der Waals surface area contributed by atoms with Crippen LogP contribution in [0.15, 0.2) is 18.2 Å². The molecule has 0 heterocycles. The Labute approximate surface area is 104 Å². The molecule has 2 rings (SSSR count). The first-order valence-electron chi connectivity index (χ1n) is 6.63. The van der Waals surface area contributed by atoms with E-state index in [2.05, 4.69) is 37.4 Å². The third kappa shape index (κ3) is 2.81. The molecule has 2 atom stereocenters. The number of benzene rings is 1. The number of hydrogen-bond donors (Lipinski definition) is 1. The van der Waals surface area contributed by atoms with Gasteiger partial charge < -0.3 is 10.1 Å². The van der Waals surface area contributed by atoms with Crippen LogP contribution in [0.5, 0.6) is 5.75 Å². The molecule has 2 nitrogen and oxygen atoms in total. The molecule has 0 bridgehead atoms. The lowest BCUT2D eigenvalue weighted by molar-refractivity contribution is 0.342. The van der Waals surface area contributed by atoms with Crippen molar-refractivity contribution >= 4 is 0 Å². The molecule has 0 saturated heterocycles. The summed E-state index contributed by atoms with van der Waals surface area (Å²) in [5, 5.41) is 3.54. The quantitative estimate of drug-likeness (QED) is 0.863. The monoisotopic (exact) mass is 233 g/mol. The fraction of sp³-hybridized carbons (Fsp3) is 0.600. The van der Waals surface area contributed by atoms with Gasteiger partial charge in [-0.1, -0.05) is 13.0 Å². The van der Waals surface area contributed by atoms with E-state index in [0.717, 1.165) is 18.2 Å². The van der Waals surface area contributed by atoms with Gasteiger partial charge in [-0.25, -0.2) is 0 Å². The number of hydrogen-bond acceptors (Lipinski definition) is 2. The number of fused-ring (bicyclic) bond motifs is 1. The molecule has 0 saturated carbocycles. The molecule has 17 heavy (non-hydrogen) atoms. The largest absolute Gasteiger partial charge is 0.497 e. The standard InChI is InChI=1S/C15H23NO/c1-4-16-11(2)13-6-5-12-7-8-15(17-3)10-14(12)9-13/h7-8,10-11,13,16H,4-6,9H2,1-3H3. The molecule has 1 aromatic rings. The van der Waals surface area contributed by atoms with Crippen molar-refractivity contribution in [1.29, 1.82) is 0 Å². The SMILES string of the molecule is CCNC(C)C1CCc2ccc(OC)cc2C1. The number of nitrogens with one attached hydrogen (secondary N) is 1. The summed E-state index contributed by atoms with van der Waals surface area (Å²) in [5.74, 6) is 1.75. The van der Waals surface area contributed by atoms with Gasteiger partial charge >= 0.3 is 0 Å². The average Bonchev–Trinajstić information content (AvgIpc) is 2.37. The van der Waals surface area contributed by atoms with Crippen molar-refractivity contribution in [3.05, 3.63) is 29.3 Å². The van der Waals surface area contributed by atoms with E-state index in [-0.39, 0.29) is 0 Å². The van der Waals surface area contributed by atoms with Gasteiger partial charge in [0, 0.05) is 6.04 Å². The van der Waals surface area contributed by atoms with Gasteiger partial charge in [-0.15, -0.1) is 0 Å². The van der Waals surface area contributed by atoms with Crippen molar-refractivity contribution < 1.29 is 4.74 Å². The number of rotatable bonds is 4. The van der Waals surface area contributed by atoms with Crippen LogP contribution in [0.25, 0.3) is 0 Å². The fourth-order valence-corrected chi connectivity index (χ4v) is 2.80. The Kier molecular flexibility index (Phi) is 4.06. The summed E-state index contributed by atoms with van der Waals surface area (Å²) in [6.07, 6.45) is 3.69. The highest BCUT2D eigenvalue weighted by molar-refractivity contribution is 5.37. The highest BCUT2D eigenvalue weighted by Crippen LogP contribution is 2.30. The summed E-state index contributed by atoms with van der Waals surface area (Å²) in [6.45, 7) is 5.54. The molecule has 0 radical (unpaired) electrons. The Morgan fingerprint density at radius 2 is 2.24 bits per heavy atom. The van der Waals surface area contributed by atoms with Crippen LogP contribution in [0.4, 0.5) is 0 Å². The van der Waals surface area contributed by atoms with E-state index in [9.17, 15) is 0 Å². The number of ether oxygens (including phenoxy) is 1. The molecule has 0 aliphatic heterocycles. The fourth-order valence-electron chi connectivity index (χ4n) is 2.80. The zero-order chi connectivity index (χ0) is 12.3. The summed E-state index contributed by atoms with van der Waals surface area (Å²) in [6, 6.07) is 7.12. The molecule has 1 aliphatic rings. The Hall–Kier alpha value is -1.02. The number of methoxy groups -OCH3 is 1. The maximum Gasteiger partial charge on any atom is 0.119 e. The van der Waals surface area contributed by atoms with Crippen molar-refractivity contribution in [3.63, 3.8) is 0 Å². The normalized spacial score (nSPS) is 20.8. The van der Waals surface area contributed by atoms with Crippen molar-refractivity contribution in [1.82, 2.24) is 5.32 Å². The maximum atomic E-state index is 5.31. The summed E-state index contributed by atoms with van der Waals surface area (Å²) in [4.78, 5) is 0. The van der Waals surface area contributed by atoms with E-state index >= 15 is 0 Å². The minimum atomic E-state index is 0.611. The van der Waals surface area contributed by atoms with E-state index in [0.29, 0.717) is 6.04 Å². The zero-order valence-corrected chi connectivity index (χ0v) is 11.1. The summed E-state index contributed by atoms with van der Waals surface area (Å²) in [7, 11) is 1.74. The zero-order valence-electron chi connectivity index (χ0n) is 11.1. The number of aryl methyl sites for hydroxylation is 1. The molecular weight excluding hydrogens is 210 g/mol. The Bertz CT molecular complexity index is 375. The van der Waals surface area contributed by atoms with Gasteiger partial charge in [0.1, 0.15) is 5.75 Å². The van der Waals surface area contributed by atoms with Gasteiger partial charge in [0.2, 0.25) is 0 Å². The van der Waals surface area contributed by atoms with Gasteiger partial charge in [0.05, 0.1) is 7.11 Å². The lowest BCUT2D eigenvalue weighted by atomic mass is 9.80. The molecule has 2 unspecified atom stereocenters. The van der Waals surface area contributed by atoms with Crippen LogP contribution in [-0.4, -0.2) is 19.7 Å². The maximum absolute atomic E-state index is 5.31. The topological polar surface area (TPSA) is 21.3 Å². The van der Waals surface area contributed by atoms with Gasteiger partial charge in [0.25, 0.3) is 0 Å². The van der Waals surface area contributed by atoms with E-state index in [1.54, 1.807) is 7.11 Å². The van der Waals surface area contributed by atoms with Crippen LogP contribution in [0.2, 0.25) is 0 Å². The van der Waals surface area contributed by atoms with E-state index in [1.165, 1.54) is 30.4 Å². The third-order valence-electron chi connectivity index (χ3n) is 3.91. The minimum absolute atomic E-state index is 0.611. The molecule has 0 spiro atoms. The van der Waals surface area contributed by atoms with Gasteiger partial charge in [-0.2, -0.15) is 0 Å². The van der Waals surface area contributed by atoms with E-state index in [1.807, 2.05) is 0 Å². The Balaban J connectivity index is 2.11. The van der Waals surface area contributed by atoms with Gasteiger partial charge in [-0.3, -0.25) is 0 Å². The molecule has 1 N–H and O–H groups in total. The second kappa shape index (κ2) is 5.54. The molecule has 0 aromatic heterocycles. The van der Waals surface area contributed by atoms with Crippen LogP contribution >= 0.6 is 0 Å². The second-order valence-electron chi connectivity index (χ2n) is 4.98.